The third-order valence-electron chi connectivity index (χ3n) is 1.88. The molecule has 1 aromatic carbocycles. The topological polar surface area (TPSA) is 32.7 Å². The molecule has 0 unspecified atom stereocenters. The molecule has 0 N–H and O–H groups in total. The molecule has 0 atom stereocenters. The molecule has 94 valence electrons. The van der Waals surface area contributed by atoms with Crippen LogP contribution in [0.2, 0.25) is 0 Å². The average Bonchev–Trinajstić information content (AvgIpc) is 2.26. The van der Waals surface area contributed by atoms with Gasteiger partial charge in [-0.2, -0.15) is 0 Å². The van der Waals surface area contributed by atoms with Gasteiger partial charge in [-0.3, -0.25) is 0 Å². The fourth-order valence-corrected chi connectivity index (χ4v) is 2.83. The number of nitrogens with zero attached hydrogens (tertiary/aromatic N) is 2. The normalized spacial score (nSPS) is 11.4. The molecule has 6 heteroatoms. The second-order valence-corrected chi connectivity index (χ2v) is 9.08. The molecule has 0 bridgehead atoms. The van der Waals surface area contributed by atoms with Gasteiger partial charge in [0.15, 0.2) is 0 Å². The summed E-state index contributed by atoms with van der Waals surface area (Å²) >= 11 is -1.88. The Labute approximate surface area is 114 Å². The number of benzene rings is 1. The Kier molecular flexibility index (Phi) is 5.97. The van der Waals surface area contributed by atoms with E-state index >= 15 is 0 Å². The molecule has 0 saturated heterocycles. The van der Waals surface area contributed by atoms with Crippen LogP contribution in [0.5, 0.6) is 0 Å². The van der Waals surface area contributed by atoms with Gasteiger partial charge >= 0.3 is 114 Å². The van der Waals surface area contributed by atoms with Gasteiger partial charge in [-0.15, -0.1) is 0 Å². The zero-order valence-electron chi connectivity index (χ0n) is 9.38. The van der Waals surface area contributed by atoms with Crippen LogP contribution in [-0.4, -0.2) is 35.7 Å². The van der Waals surface area contributed by atoms with E-state index in [1.54, 1.807) is 18.7 Å². The number of para-hydroxylation sites is 1. The first-order chi connectivity index (χ1) is 8.00. The van der Waals surface area contributed by atoms with Crippen molar-refractivity contribution in [3.63, 3.8) is 0 Å². The number of hydrogen-bond acceptors (Lipinski definition) is 2. The summed E-state index contributed by atoms with van der Waals surface area (Å²) in [6.45, 7) is 0. The van der Waals surface area contributed by atoms with Gasteiger partial charge in [0.25, 0.3) is 0 Å². The summed E-state index contributed by atoms with van der Waals surface area (Å²) in [6, 6.07) is 7.42. The van der Waals surface area contributed by atoms with Crippen molar-refractivity contribution in [2.24, 2.45) is 4.99 Å². The van der Waals surface area contributed by atoms with Gasteiger partial charge in [0, 0.05) is 0 Å². The van der Waals surface area contributed by atoms with Crippen LogP contribution in [0.1, 0.15) is 5.56 Å². The van der Waals surface area contributed by atoms with E-state index in [9.17, 15) is 4.79 Å². The SMILES string of the molecule is CN(C)C(=O)C=Nc1ccccc1[CH]=[Ru]([Cl])[Cl]. The van der Waals surface area contributed by atoms with Gasteiger partial charge in [-0.1, -0.05) is 0 Å². The second-order valence-electron chi connectivity index (χ2n) is 3.36. The Morgan fingerprint density at radius 3 is 2.59 bits per heavy atom. The third-order valence-corrected chi connectivity index (χ3v) is 3.71. The monoisotopic (exact) mass is 360 g/mol. The molecular weight excluding hydrogens is 348 g/mol. The number of hydrogen-bond donors (Lipinski definition) is 0. The summed E-state index contributed by atoms with van der Waals surface area (Å²) in [6.07, 6.45) is 1.28. The van der Waals surface area contributed by atoms with Gasteiger partial charge in [-0.25, -0.2) is 0 Å². The van der Waals surface area contributed by atoms with Crippen LogP contribution >= 0.6 is 19.4 Å². The molecule has 1 rings (SSSR count). The fourth-order valence-electron chi connectivity index (χ4n) is 1.01. The number of halogens is 2. The maximum atomic E-state index is 11.4. The van der Waals surface area contributed by atoms with Gasteiger partial charge in [0.05, 0.1) is 0 Å². The molecule has 0 aliphatic carbocycles. The van der Waals surface area contributed by atoms with E-state index in [2.05, 4.69) is 4.99 Å². The van der Waals surface area contributed by atoms with Crippen molar-refractivity contribution in [1.29, 1.82) is 0 Å². The van der Waals surface area contributed by atoms with E-state index < -0.39 is 13.5 Å². The predicted octanol–water partition coefficient (Wildman–Crippen LogP) is 2.55. The van der Waals surface area contributed by atoms with Crippen molar-refractivity contribution >= 4 is 41.8 Å². The number of aliphatic imine (C=N–C) groups is 1. The number of amides is 1. The van der Waals surface area contributed by atoms with Crippen LogP contribution < -0.4 is 0 Å². The molecule has 0 aromatic heterocycles. The summed E-state index contributed by atoms with van der Waals surface area (Å²) in [5.41, 5.74) is 1.56. The van der Waals surface area contributed by atoms with Crippen molar-refractivity contribution in [3.8, 4) is 0 Å². The minimum absolute atomic E-state index is 0.161. The standard InChI is InChI=1S/C11H12N2O.2ClH.Ru/c1-9-6-4-5-7-10(9)12-8-11(14)13(2)3;;;/h1,4-8H,2-3H3;2*1H;/q;;;+2/p-2. The molecule has 1 aromatic rings. The van der Waals surface area contributed by atoms with Crippen molar-refractivity contribution in [2.45, 2.75) is 0 Å². The summed E-state index contributed by atoms with van der Waals surface area (Å²) in [5, 5.41) is 0. The first kappa shape index (κ1) is 14.5. The van der Waals surface area contributed by atoms with Gasteiger partial charge in [0.2, 0.25) is 0 Å². The van der Waals surface area contributed by atoms with Crippen LogP contribution in [0, 0.1) is 0 Å². The molecule has 17 heavy (non-hydrogen) atoms. The van der Waals surface area contributed by atoms with Crippen molar-refractivity contribution in [3.05, 3.63) is 29.8 Å². The zero-order valence-corrected chi connectivity index (χ0v) is 12.6. The molecular formula is C11H12Cl2N2ORu. The Morgan fingerprint density at radius 1 is 1.35 bits per heavy atom. The Hall–Kier alpha value is -0.567. The summed E-state index contributed by atoms with van der Waals surface area (Å²) in [4.78, 5) is 17.0. The molecule has 0 heterocycles. The van der Waals surface area contributed by atoms with E-state index in [1.807, 2.05) is 24.3 Å². The number of carbonyl (C=O) groups is 1. The Morgan fingerprint density at radius 2 is 2.00 bits per heavy atom. The summed E-state index contributed by atoms with van der Waals surface area (Å²) in [7, 11) is 15.0. The Balaban J connectivity index is 2.99. The van der Waals surface area contributed by atoms with Crippen LogP contribution in [0.25, 0.3) is 0 Å². The number of carbonyl (C=O) groups excluding carboxylic acids is 1. The second kappa shape index (κ2) is 7.00. The third kappa shape index (κ3) is 5.07. The van der Waals surface area contributed by atoms with Crippen molar-refractivity contribution in [1.82, 2.24) is 4.90 Å². The average molecular weight is 360 g/mol. The van der Waals surface area contributed by atoms with Gasteiger partial charge in [-0.05, 0) is 0 Å². The molecule has 0 fully saturated rings. The van der Waals surface area contributed by atoms with E-state index in [-0.39, 0.29) is 5.91 Å². The van der Waals surface area contributed by atoms with E-state index in [4.69, 9.17) is 19.4 Å². The van der Waals surface area contributed by atoms with Crippen molar-refractivity contribution < 1.29 is 18.3 Å². The van der Waals surface area contributed by atoms with Crippen LogP contribution in [0.4, 0.5) is 5.69 Å². The predicted molar refractivity (Wildman–Crippen MR) is 70.2 cm³/mol. The Bertz CT molecular complexity index is 468. The van der Waals surface area contributed by atoms with Crippen LogP contribution in [0.3, 0.4) is 0 Å². The van der Waals surface area contributed by atoms with E-state index in [0.717, 1.165) is 5.56 Å². The molecule has 1 amide bonds. The van der Waals surface area contributed by atoms with Gasteiger partial charge < -0.3 is 0 Å². The zero-order chi connectivity index (χ0) is 12.8. The molecule has 0 saturated carbocycles. The first-order valence-corrected chi connectivity index (χ1v) is 10.2. The quantitative estimate of drug-likeness (QED) is 0.602. The molecule has 0 aliphatic heterocycles. The molecule has 3 nitrogen and oxygen atoms in total. The van der Waals surface area contributed by atoms with Crippen molar-refractivity contribution in [2.75, 3.05) is 14.1 Å². The van der Waals surface area contributed by atoms with E-state index in [1.165, 1.54) is 11.1 Å². The number of rotatable bonds is 3. The maximum absolute atomic E-state index is 11.4. The van der Waals surface area contributed by atoms with Crippen LogP contribution in [0.15, 0.2) is 29.3 Å². The molecule has 0 radical (unpaired) electrons. The summed E-state index contributed by atoms with van der Waals surface area (Å²) in [5.74, 6) is -0.161. The minimum atomic E-state index is -1.88. The summed E-state index contributed by atoms with van der Waals surface area (Å²) < 4.78 is 1.81. The van der Waals surface area contributed by atoms with Crippen LogP contribution in [-0.2, 0) is 18.3 Å². The molecule has 0 aliphatic rings. The fraction of sp³-hybridized carbons (Fsp3) is 0.182. The molecule has 0 spiro atoms. The van der Waals surface area contributed by atoms with Gasteiger partial charge in [0.1, 0.15) is 0 Å². The van der Waals surface area contributed by atoms with E-state index in [0.29, 0.717) is 5.69 Å². The first-order valence-electron chi connectivity index (χ1n) is 4.68.